The van der Waals surface area contributed by atoms with Gasteiger partial charge in [-0.3, -0.25) is 9.59 Å². The van der Waals surface area contributed by atoms with Gasteiger partial charge in [-0.1, -0.05) is 49.3 Å². The van der Waals surface area contributed by atoms with E-state index in [1.807, 2.05) is 44.2 Å². The zero-order valence-corrected chi connectivity index (χ0v) is 16.8. The van der Waals surface area contributed by atoms with Crippen LogP contribution in [0.15, 0.2) is 53.2 Å². The largest absolute Gasteiger partial charge is 0.372 e. The number of primary amides is 2. The summed E-state index contributed by atoms with van der Waals surface area (Å²) in [5, 5.41) is 10.1. The minimum Gasteiger partial charge on any atom is -0.372 e. The Bertz CT molecular complexity index is 1030. The molecule has 0 unspecified atom stereocenters. The quantitative estimate of drug-likeness (QED) is 0.425. The number of aromatic nitrogens is 2. The molecule has 3 rings (SSSR count). The third-order valence-electron chi connectivity index (χ3n) is 4.35. The van der Waals surface area contributed by atoms with Gasteiger partial charge in [0.25, 0.3) is 5.91 Å². The highest BCUT2D eigenvalue weighted by Crippen LogP contribution is 2.27. The van der Waals surface area contributed by atoms with Gasteiger partial charge in [-0.05, 0) is 18.4 Å². The molecular weight excluding hydrogens is 384 g/mol. The fraction of sp³-hybridized carbons (Fsp3) is 0.238. The minimum absolute atomic E-state index is 0.0256. The molecule has 0 aliphatic heterocycles. The standard InChI is InChI=1S/C21H24N6O3/c1-12(2)8-17(20(22)28)25-14-9-16(19(21(23)29)24-11-14)26-18-10-15(27-30-18)13-6-4-3-5-7-13/h3-7,9-12,17,25-26H,8H2,1-2H3,(H2,22,28)(H2,23,29)/t17-/m1/s1. The molecule has 6 N–H and O–H groups in total. The van der Waals surface area contributed by atoms with E-state index in [9.17, 15) is 9.59 Å². The summed E-state index contributed by atoms with van der Waals surface area (Å²) in [4.78, 5) is 27.7. The predicted octanol–water partition coefficient (Wildman–Crippen LogP) is 2.89. The summed E-state index contributed by atoms with van der Waals surface area (Å²) in [6.45, 7) is 3.99. The second-order valence-electron chi connectivity index (χ2n) is 7.28. The Balaban J connectivity index is 1.86. The maximum atomic E-state index is 11.8. The summed E-state index contributed by atoms with van der Waals surface area (Å²) in [7, 11) is 0. The van der Waals surface area contributed by atoms with Crippen molar-refractivity contribution in [3.8, 4) is 11.3 Å². The van der Waals surface area contributed by atoms with Gasteiger partial charge in [0.2, 0.25) is 11.8 Å². The second-order valence-corrected chi connectivity index (χ2v) is 7.28. The van der Waals surface area contributed by atoms with E-state index >= 15 is 0 Å². The van der Waals surface area contributed by atoms with Crippen molar-refractivity contribution in [1.29, 1.82) is 0 Å². The first kappa shape index (κ1) is 20.8. The van der Waals surface area contributed by atoms with Crippen molar-refractivity contribution in [3.05, 3.63) is 54.4 Å². The fourth-order valence-electron chi connectivity index (χ4n) is 2.97. The van der Waals surface area contributed by atoms with Crippen LogP contribution in [0.5, 0.6) is 0 Å². The smallest absolute Gasteiger partial charge is 0.269 e. The number of nitrogens with two attached hydrogens (primary N) is 2. The van der Waals surface area contributed by atoms with Gasteiger partial charge in [-0.2, -0.15) is 0 Å². The number of carbonyl (C=O) groups excluding carboxylic acids is 2. The average Bonchev–Trinajstić information content (AvgIpc) is 3.16. The number of benzene rings is 1. The third-order valence-corrected chi connectivity index (χ3v) is 4.35. The number of anilines is 3. The summed E-state index contributed by atoms with van der Waals surface area (Å²) < 4.78 is 5.33. The zero-order valence-electron chi connectivity index (χ0n) is 16.8. The van der Waals surface area contributed by atoms with Gasteiger partial charge < -0.3 is 26.6 Å². The number of nitrogens with zero attached hydrogens (tertiary/aromatic N) is 2. The summed E-state index contributed by atoms with van der Waals surface area (Å²) in [5.74, 6) is -0.611. The number of carbonyl (C=O) groups is 2. The molecule has 2 amide bonds. The van der Waals surface area contributed by atoms with Crippen LogP contribution in [0.2, 0.25) is 0 Å². The average molecular weight is 408 g/mol. The monoisotopic (exact) mass is 408 g/mol. The van der Waals surface area contributed by atoms with Crippen molar-refractivity contribution < 1.29 is 14.1 Å². The van der Waals surface area contributed by atoms with Crippen LogP contribution in [0, 0.1) is 5.92 Å². The van der Waals surface area contributed by atoms with Crippen LogP contribution in [0.1, 0.15) is 30.8 Å². The SMILES string of the molecule is CC(C)C[C@@H](Nc1cnc(C(N)=O)c(Nc2cc(-c3ccccc3)no2)c1)C(N)=O. The topological polar surface area (TPSA) is 149 Å². The second kappa shape index (κ2) is 9.08. The highest BCUT2D eigenvalue weighted by Gasteiger charge is 2.19. The number of amides is 2. The summed E-state index contributed by atoms with van der Waals surface area (Å²) in [5.41, 5.74) is 13.3. The van der Waals surface area contributed by atoms with Crippen LogP contribution in [0.3, 0.4) is 0 Å². The van der Waals surface area contributed by atoms with Gasteiger partial charge in [0.05, 0.1) is 17.6 Å². The number of pyridine rings is 1. The van der Waals surface area contributed by atoms with Crippen molar-refractivity contribution in [2.24, 2.45) is 17.4 Å². The first-order valence-corrected chi connectivity index (χ1v) is 9.48. The predicted molar refractivity (Wildman–Crippen MR) is 114 cm³/mol. The van der Waals surface area contributed by atoms with E-state index in [4.69, 9.17) is 16.0 Å². The van der Waals surface area contributed by atoms with Gasteiger partial charge in [-0.15, -0.1) is 0 Å². The molecule has 0 fully saturated rings. The van der Waals surface area contributed by atoms with E-state index < -0.39 is 17.9 Å². The van der Waals surface area contributed by atoms with Crippen molar-refractivity contribution in [3.63, 3.8) is 0 Å². The van der Waals surface area contributed by atoms with Crippen molar-refractivity contribution in [1.82, 2.24) is 10.1 Å². The number of hydrogen-bond acceptors (Lipinski definition) is 7. The molecule has 0 saturated carbocycles. The number of rotatable bonds is 9. The number of hydrogen-bond donors (Lipinski definition) is 4. The third kappa shape index (κ3) is 5.13. The first-order valence-electron chi connectivity index (χ1n) is 9.48. The molecule has 2 aromatic heterocycles. The van der Waals surface area contributed by atoms with E-state index in [1.54, 1.807) is 12.1 Å². The van der Waals surface area contributed by atoms with Gasteiger partial charge in [0.15, 0.2) is 5.69 Å². The van der Waals surface area contributed by atoms with Gasteiger partial charge in [-0.25, -0.2) is 4.98 Å². The lowest BCUT2D eigenvalue weighted by Gasteiger charge is -2.19. The molecule has 2 heterocycles. The highest BCUT2D eigenvalue weighted by molar-refractivity contribution is 5.97. The van der Waals surface area contributed by atoms with E-state index in [2.05, 4.69) is 20.8 Å². The van der Waals surface area contributed by atoms with Gasteiger partial charge in [0.1, 0.15) is 11.7 Å². The molecule has 0 radical (unpaired) electrons. The maximum absolute atomic E-state index is 11.8. The summed E-state index contributed by atoms with van der Waals surface area (Å²) >= 11 is 0. The Labute approximate surface area is 173 Å². The molecule has 9 heteroatoms. The first-order chi connectivity index (χ1) is 14.3. The van der Waals surface area contributed by atoms with Crippen LogP contribution in [-0.4, -0.2) is 28.0 Å². The van der Waals surface area contributed by atoms with E-state index in [0.29, 0.717) is 29.4 Å². The Morgan fingerprint density at radius 2 is 1.87 bits per heavy atom. The Morgan fingerprint density at radius 1 is 1.13 bits per heavy atom. The maximum Gasteiger partial charge on any atom is 0.269 e. The van der Waals surface area contributed by atoms with Gasteiger partial charge >= 0.3 is 0 Å². The van der Waals surface area contributed by atoms with Crippen molar-refractivity contribution in [2.45, 2.75) is 26.3 Å². The normalized spacial score (nSPS) is 11.8. The van der Waals surface area contributed by atoms with E-state index in [0.717, 1.165) is 5.56 Å². The highest BCUT2D eigenvalue weighted by atomic mass is 16.5. The van der Waals surface area contributed by atoms with Crippen LogP contribution in [0.4, 0.5) is 17.3 Å². The molecule has 0 spiro atoms. The molecule has 156 valence electrons. The van der Waals surface area contributed by atoms with Crippen LogP contribution in [-0.2, 0) is 4.79 Å². The molecule has 9 nitrogen and oxygen atoms in total. The lowest BCUT2D eigenvalue weighted by Crippen LogP contribution is -2.36. The fourth-order valence-corrected chi connectivity index (χ4v) is 2.97. The molecule has 3 aromatic rings. The Kier molecular flexibility index (Phi) is 6.31. The summed E-state index contributed by atoms with van der Waals surface area (Å²) in [6, 6.07) is 12.3. The van der Waals surface area contributed by atoms with Crippen LogP contribution < -0.4 is 22.1 Å². The molecule has 0 saturated heterocycles. The number of nitrogens with one attached hydrogen (secondary N) is 2. The van der Waals surface area contributed by atoms with Crippen molar-refractivity contribution >= 4 is 29.1 Å². The molecule has 0 aliphatic carbocycles. The lowest BCUT2D eigenvalue weighted by atomic mass is 10.0. The van der Waals surface area contributed by atoms with E-state index in [1.165, 1.54) is 6.20 Å². The molecular formula is C21H24N6O3. The minimum atomic E-state index is -0.708. The van der Waals surface area contributed by atoms with Crippen molar-refractivity contribution in [2.75, 3.05) is 10.6 Å². The van der Waals surface area contributed by atoms with E-state index in [-0.39, 0.29) is 11.6 Å². The lowest BCUT2D eigenvalue weighted by molar-refractivity contribution is -0.119. The van der Waals surface area contributed by atoms with Crippen LogP contribution >= 0.6 is 0 Å². The summed E-state index contributed by atoms with van der Waals surface area (Å²) in [6.07, 6.45) is 1.98. The molecule has 0 bridgehead atoms. The Hall–Kier alpha value is -3.88. The molecule has 30 heavy (non-hydrogen) atoms. The molecule has 1 aromatic carbocycles. The zero-order chi connectivity index (χ0) is 21.7. The van der Waals surface area contributed by atoms with Crippen LogP contribution in [0.25, 0.3) is 11.3 Å². The molecule has 0 aliphatic rings. The van der Waals surface area contributed by atoms with Gasteiger partial charge in [0, 0.05) is 11.6 Å². The Morgan fingerprint density at radius 3 is 2.50 bits per heavy atom. The molecule has 1 atom stereocenters.